The second-order valence-corrected chi connectivity index (χ2v) is 3.24. The second-order valence-electron chi connectivity index (χ2n) is 3.24. The molecular formula is C15H24N+. The summed E-state index contributed by atoms with van der Waals surface area (Å²) in [4.78, 5) is 0. The Kier molecular flexibility index (Phi) is 7.19. The number of nitrogens with zero attached hydrogens (tertiary/aromatic N) is 1. The van der Waals surface area contributed by atoms with Gasteiger partial charge in [-0.05, 0) is 18.4 Å². The topological polar surface area (TPSA) is 3.88 Å². The highest BCUT2D eigenvalue weighted by molar-refractivity contribution is 5.81. The van der Waals surface area contributed by atoms with Crippen molar-refractivity contribution in [1.82, 2.24) is 0 Å². The average molecular weight is 218 g/mol. The van der Waals surface area contributed by atoms with Crippen molar-refractivity contribution in [2.75, 3.05) is 0 Å². The lowest BCUT2D eigenvalue weighted by atomic mass is 10.1. The average Bonchev–Trinajstić information content (AvgIpc) is 2.33. The van der Waals surface area contributed by atoms with Gasteiger partial charge in [-0.2, -0.15) is 0 Å². The summed E-state index contributed by atoms with van der Waals surface area (Å²) in [7, 11) is 2.04. The Balaban J connectivity index is 0.000000509. The molecule has 0 spiro atoms. The molecule has 0 amide bonds. The molecule has 0 unspecified atom stereocenters. The van der Waals surface area contributed by atoms with E-state index in [2.05, 4.69) is 48.1 Å². The van der Waals surface area contributed by atoms with Crippen LogP contribution in [0.15, 0.2) is 36.7 Å². The number of pyridine rings is 1. The van der Waals surface area contributed by atoms with Crippen molar-refractivity contribution in [1.29, 1.82) is 0 Å². The molecule has 0 aliphatic rings. The molecule has 2 rings (SSSR count). The summed E-state index contributed by atoms with van der Waals surface area (Å²) in [6.45, 7) is 10.1. The van der Waals surface area contributed by atoms with Gasteiger partial charge in [-0.1, -0.05) is 45.4 Å². The number of hydrogen-bond acceptors (Lipinski definition) is 0. The predicted octanol–water partition coefficient (Wildman–Crippen LogP) is 4.03. The molecule has 0 radical (unpaired) electrons. The first-order chi connectivity index (χ1) is 7.75. The van der Waals surface area contributed by atoms with Gasteiger partial charge in [0.05, 0.1) is 0 Å². The molecule has 1 aromatic heterocycles. The standard InChI is InChI=1S/C11H12N.2C2H6/c1-9-3-4-10-5-6-12(2)8-11(10)7-9;2*1-2/h3-8H,1-2H3;2*1-2H3/q+1;;. The first-order valence-corrected chi connectivity index (χ1v) is 6.11. The molecule has 2 aromatic rings. The van der Waals surface area contributed by atoms with E-state index in [1.165, 1.54) is 16.3 Å². The summed E-state index contributed by atoms with van der Waals surface area (Å²) in [5, 5.41) is 2.61. The van der Waals surface area contributed by atoms with E-state index in [1.807, 2.05) is 34.7 Å². The molecule has 0 aliphatic carbocycles. The van der Waals surface area contributed by atoms with Crippen molar-refractivity contribution in [3.8, 4) is 0 Å². The summed E-state index contributed by atoms with van der Waals surface area (Å²) in [5.41, 5.74) is 1.31. The van der Waals surface area contributed by atoms with Gasteiger partial charge in [-0.15, -0.1) is 0 Å². The molecule has 0 aliphatic heterocycles. The molecule has 88 valence electrons. The third-order valence-corrected chi connectivity index (χ3v) is 2.07. The number of hydrogen-bond donors (Lipinski definition) is 0. The quantitative estimate of drug-likeness (QED) is 0.588. The zero-order valence-electron chi connectivity index (χ0n) is 11.4. The van der Waals surface area contributed by atoms with Crippen LogP contribution in [0.5, 0.6) is 0 Å². The van der Waals surface area contributed by atoms with Crippen molar-refractivity contribution >= 4 is 10.8 Å². The Morgan fingerprint density at radius 2 is 1.50 bits per heavy atom. The highest BCUT2D eigenvalue weighted by Crippen LogP contribution is 2.12. The Labute approximate surface area is 99.7 Å². The Morgan fingerprint density at radius 1 is 0.875 bits per heavy atom. The predicted molar refractivity (Wildman–Crippen MR) is 72.6 cm³/mol. The molecule has 16 heavy (non-hydrogen) atoms. The minimum atomic E-state index is 1.30. The molecule has 0 saturated heterocycles. The maximum Gasteiger partial charge on any atom is 0.176 e. The van der Waals surface area contributed by atoms with Gasteiger partial charge < -0.3 is 0 Å². The monoisotopic (exact) mass is 218 g/mol. The van der Waals surface area contributed by atoms with Crippen molar-refractivity contribution < 1.29 is 4.57 Å². The van der Waals surface area contributed by atoms with Gasteiger partial charge in [-0.25, -0.2) is 4.57 Å². The fourth-order valence-corrected chi connectivity index (χ4v) is 1.42. The van der Waals surface area contributed by atoms with E-state index in [9.17, 15) is 0 Å². The van der Waals surface area contributed by atoms with Gasteiger partial charge in [0.15, 0.2) is 12.4 Å². The van der Waals surface area contributed by atoms with Crippen molar-refractivity contribution in [2.45, 2.75) is 34.6 Å². The van der Waals surface area contributed by atoms with E-state index in [1.54, 1.807) is 0 Å². The summed E-state index contributed by atoms with van der Waals surface area (Å²) in [6.07, 6.45) is 4.21. The van der Waals surface area contributed by atoms with E-state index in [4.69, 9.17) is 0 Å². The van der Waals surface area contributed by atoms with Crippen LogP contribution in [-0.2, 0) is 7.05 Å². The molecule has 0 fully saturated rings. The number of benzene rings is 1. The van der Waals surface area contributed by atoms with E-state index >= 15 is 0 Å². The lowest BCUT2D eigenvalue weighted by Gasteiger charge is -1.96. The van der Waals surface area contributed by atoms with Crippen LogP contribution in [0.2, 0.25) is 0 Å². The molecule has 1 heterocycles. The zero-order valence-corrected chi connectivity index (χ0v) is 11.4. The van der Waals surface area contributed by atoms with Crippen molar-refractivity contribution in [2.24, 2.45) is 7.05 Å². The van der Waals surface area contributed by atoms with Crippen LogP contribution in [0.1, 0.15) is 33.3 Å². The normalized spacial score (nSPS) is 8.62. The smallest absolute Gasteiger partial charge is 0.176 e. The summed E-state index contributed by atoms with van der Waals surface area (Å²) in [5.74, 6) is 0. The highest BCUT2D eigenvalue weighted by Gasteiger charge is 1.97. The summed E-state index contributed by atoms with van der Waals surface area (Å²) in [6, 6.07) is 8.64. The number of aryl methyl sites for hydroxylation is 2. The van der Waals surface area contributed by atoms with Crippen molar-refractivity contribution in [3.05, 3.63) is 42.2 Å². The van der Waals surface area contributed by atoms with E-state index < -0.39 is 0 Å². The van der Waals surface area contributed by atoms with Gasteiger partial charge >= 0.3 is 0 Å². The second kappa shape index (κ2) is 7.86. The number of fused-ring (bicyclic) bond motifs is 1. The molecular weight excluding hydrogens is 194 g/mol. The zero-order chi connectivity index (χ0) is 12.6. The fraction of sp³-hybridized carbons (Fsp3) is 0.400. The van der Waals surface area contributed by atoms with Gasteiger partial charge in [-0.3, -0.25) is 0 Å². The third kappa shape index (κ3) is 4.01. The van der Waals surface area contributed by atoms with Gasteiger partial charge in [0.1, 0.15) is 7.05 Å². The SMILES string of the molecule is CC.CC.Cc1ccc2cc[n+](C)cc2c1. The lowest BCUT2D eigenvalue weighted by Crippen LogP contribution is -2.25. The molecule has 1 aromatic carbocycles. The fourth-order valence-electron chi connectivity index (χ4n) is 1.42. The Morgan fingerprint density at radius 3 is 2.12 bits per heavy atom. The van der Waals surface area contributed by atoms with Gasteiger partial charge in [0, 0.05) is 11.5 Å². The van der Waals surface area contributed by atoms with Gasteiger partial charge in [0.25, 0.3) is 0 Å². The molecule has 1 heteroatoms. The molecule has 0 bridgehead atoms. The van der Waals surface area contributed by atoms with Crippen LogP contribution in [0.25, 0.3) is 10.8 Å². The number of rotatable bonds is 0. The van der Waals surface area contributed by atoms with E-state index in [0.717, 1.165) is 0 Å². The number of aromatic nitrogens is 1. The maximum absolute atomic E-state index is 2.20. The van der Waals surface area contributed by atoms with Crippen LogP contribution in [0.4, 0.5) is 0 Å². The van der Waals surface area contributed by atoms with Crippen LogP contribution >= 0.6 is 0 Å². The molecule has 0 atom stereocenters. The summed E-state index contributed by atoms with van der Waals surface area (Å²) < 4.78 is 2.07. The first kappa shape index (κ1) is 14.6. The molecule has 1 nitrogen and oxygen atoms in total. The lowest BCUT2D eigenvalue weighted by molar-refractivity contribution is -0.670. The Bertz CT molecular complexity index is 382. The minimum Gasteiger partial charge on any atom is -0.207 e. The van der Waals surface area contributed by atoms with E-state index in [-0.39, 0.29) is 0 Å². The van der Waals surface area contributed by atoms with E-state index in [0.29, 0.717) is 0 Å². The Hall–Kier alpha value is -1.37. The molecule has 0 saturated carbocycles. The van der Waals surface area contributed by atoms with Crippen LogP contribution in [0, 0.1) is 6.92 Å². The largest absolute Gasteiger partial charge is 0.207 e. The van der Waals surface area contributed by atoms with Crippen LogP contribution < -0.4 is 4.57 Å². The third-order valence-electron chi connectivity index (χ3n) is 2.07. The van der Waals surface area contributed by atoms with Crippen molar-refractivity contribution in [3.63, 3.8) is 0 Å². The first-order valence-electron chi connectivity index (χ1n) is 6.11. The van der Waals surface area contributed by atoms with Crippen LogP contribution in [-0.4, -0.2) is 0 Å². The summed E-state index contributed by atoms with van der Waals surface area (Å²) >= 11 is 0. The minimum absolute atomic E-state index is 1.30. The molecule has 0 N–H and O–H groups in total. The van der Waals surface area contributed by atoms with Gasteiger partial charge in [0.2, 0.25) is 0 Å². The highest BCUT2D eigenvalue weighted by atomic mass is 14.9. The van der Waals surface area contributed by atoms with Crippen LogP contribution in [0.3, 0.4) is 0 Å². The maximum atomic E-state index is 2.20.